The van der Waals surface area contributed by atoms with Crippen LogP contribution < -0.4 is 0 Å². The molecular weight excluding hydrogens is 188 g/mol. The molecule has 88 valence electrons. The highest BCUT2D eigenvalue weighted by Gasteiger charge is 2.30. The van der Waals surface area contributed by atoms with Crippen LogP contribution in [0.1, 0.15) is 32.6 Å². The molecule has 15 heavy (non-hydrogen) atoms. The Hall–Kier alpha value is -0.120. The van der Waals surface area contributed by atoms with Crippen LogP contribution >= 0.6 is 0 Å². The van der Waals surface area contributed by atoms with Crippen molar-refractivity contribution in [3.63, 3.8) is 0 Å². The molecule has 1 saturated carbocycles. The summed E-state index contributed by atoms with van der Waals surface area (Å²) in [5, 5.41) is 9.99. The minimum absolute atomic E-state index is 0.0630. The quantitative estimate of drug-likeness (QED) is 0.737. The summed E-state index contributed by atoms with van der Waals surface area (Å²) < 4.78 is 0. The summed E-state index contributed by atoms with van der Waals surface area (Å²) in [5.41, 5.74) is 0. The summed E-state index contributed by atoms with van der Waals surface area (Å²) in [7, 11) is 0. The minimum Gasteiger partial charge on any atom is -0.391 e. The zero-order valence-electron chi connectivity index (χ0n) is 9.86. The van der Waals surface area contributed by atoms with Crippen molar-refractivity contribution >= 4 is 0 Å². The molecule has 0 aromatic carbocycles. The topological polar surface area (TPSA) is 26.7 Å². The lowest BCUT2D eigenvalue weighted by molar-refractivity contribution is -0.00269. The second-order valence-corrected chi connectivity index (χ2v) is 4.89. The first-order chi connectivity index (χ1) is 7.31. The van der Waals surface area contributed by atoms with E-state index in [4.69, 9.17) is 0 Å². The molecule has 1 aliphatic carbocycles. The van der Waals surface area contributed by atoms with Crippen molar-refractivity contribution in [1.82, 2.24) is 9.80 Å². The highest BCUT2D eigenvalue weighted by atomic mass is 16.3. The highest BCUT2D eigenvalue weighted by Crippen LogP contribution is 2.23. The molecule has 0 aromatic rings. The van der Waals surface area contributed by atoms with Crippen molar-refractivity contribution in [2.45, 2.75) is 44.8 Å². The largest absolute Gasteiger partial charge is 0.391 e. The van der Waals surface area contributed by atoms with Gasteiger partial charge in [0, 0.05) is 32.2 Å². The van der Waals surface area contributed by atoms with Crippen LogP contribution in [0.2, 0.25) is 0 Å². The van der Waals surface area contributed by atoms with E-state index < -0.39 is 0 Å². The number of aliphatic hydroxyl groups is 1. The molecule has 1 aliphatic heterocycles. The smallest absolute Gasteiger partial charge is 0.0695 e. The molecule has 0 aromatic heterocycles. The maximum atomic E-state index is 9.99. The normalized spacial score (nSPS) is 35.6. The van der Waals surface area contributed by atoms with Gasteiger partial charge in [-0.2, -0.15) is 0 Å². The third-order valence-corrected chi connectivity index (χ3v) is 4.02. The van der Waals surface area contributed by atoms with Crippen molar-refractivity contribution in [3.05, 3.63) is 0 Å². The molecular formula is C12H24N2O. The maximum Gasteiger partial charge on any atom is 0.0695 e. The summed E-state index contributed by atoms with van der Waals surface area (Å²) in [5.74, 6) is 0. The van der Waals surface area contributed by atoms with E-state index in [-0.39, 0.29) is 6.10 Å². The molecule has 0 radical (unpaired) electrons. The molecule has 3 heteroatoms. The molecule has 2 atom stereocenters. The van der Waals surface area contributed by atoms with Gasteiger partial charge >= 0.3 is 0 Å². The number of piperazine rings is 1. The molecule has 3 nitrogen and oxygen atoms in total. The van der Waals surface area contributed by atoms with Gasteiger partial charge in [-0.15, -0.1) is 0 Å². The molecule has 1 heterocycles. The summed E-state index contributed by atoms with van der Waals surface area (Å²) >= 11 is 0. The van der Waals surface area contributed by atoms with E-state index in [9.17, 15) is 5.11 Å². The monoisotopic (exact) mass is 212 g/mol. The lowest BCUT2D eigenvalue weighted by Gasteiger charge is -2.42. The Morgan fingerprint density at radius 3 is 2.33 bits per heavy atom. The van der Waals surface area contributed by atoms with E-state index in [2.05, 4.69) is 16.7 Å². The van der Waals surface area contributed by atoms with Crippen molar-refractivity contribution in [2.75, 3.05) is 32.7 Å². The van der Waals surface area contributed by atoms with Gasteiger partial charge in [0.1, 0.15) is 0 Å². The summed E-state index contributed by atoms with van der Waals surface area (Å²) in [6.07, 6.45) is 4.67. The average molecular weight is 212 g/mol. The summed E-state index contributed by atoms with van der Waals surface area (Å²) in [4.78, 5) is 5.00. The van der Waals surface area contributed by atoms with Crippen LogP contribution in [-0.2, 0) is 0 Å². The molecule has 2 aliphatic rings. The van der Waals surface area contributed by atoms with Crippen LogP contribution in [-0.4, -0.2) is 59.8 Å². The SMILES string of the molecule is CCN1CCN(C2CCCCC2O)CC1. The Morgan fingerprint density at radius 1 is 1.07 bits per heavy atom. The zero-order chi connectivity index (χ0) is 10.7. The fourth-order valence-electron chi connectivity index (χ4n) is 2.93. The van der Waals surface area contributed by atoms with E-state index in [1.165, 1.54) is 38.9 Å². The molecule has 0 spiro atoms. The van der Waals surface area contributed by atoms with Gasteiger partial charge in [0.25, 0.3) is 0 Å². The molecule has 0 bridgehead atoms. The number of likely N-dealkylation sites (N-methyl/N-ethyl adjacent to an activating group) is 1. The van der Waals surface area contributed by atoms with Gasteiger partial charge in [-0.3, -0.25) is 4.90 Å². The molecule has 2 unspecified atom stereocenters. The highest BCUT2D eigenvalue weighted by molar-refractivity contribution is 4.85. The first-order valence-corrected chi connectivity index (χ1v) is 6.45. The Bertz CT molecular complexity index is 190. The van der Waals surface area contributed by atoms with E-state index in [1.807, 2.05) is 0 Å². The molecule has 1 N–H and O–H groups in total. The van der Waals surface area contributed by atoms with Gasteiger partial charge in [0.2, 0.25) is 0 Å². The fraction of sp³-hybridized carbons (Fsp3) is 1.00. The van der Waals surface area contributed by atoms with E-state index in [0.29, 0.717) is 6.04 Å². The number of nitrogens with zero attached hydrogens (tertiary/aromatic N) is 2. The maximum absolute atomic E-state index is 9.99. The van der Waals surface area contributed by atoms with Crippen LogP contribution in [0.25, 0.3) is 0 Å². The van der Waals surface area contributed by atoms with Gasteiger partial charge in [0.05, 0.1) is 6.10 Å². The van der Waals surface area contributed by atoms with Crippen LogP contribution in [0, 0.1) is 0 Å². The zero-order valence-corrected chi connectivity index (χ0v) is 9.86. The van der Waals surface area contributed by atoms with Crippen LogP contribution in [0.3, 0.4) is 0 Å². The second kappa shape index (κ2) is 5.28. The van der Waals surface area contributed by atoms with E-state index in [0.717, 1.165) is 19.5 Å². The minimum atomic E-state index is -0.0630. The molecule has 0 amide bonds. The van der Waals surface area contributed by atoms with Crippen LogP contribution in [0.15, 0.2) is 0 Å². The molecule has 2 rings (SSSR count). The Balaban J connectivity index is 1.83. The van der Waals surface area contributed by atoms with E-state index in [1.54, 1.807) is 0 Å². The first-order valence-electron chi connectivity index (χ1n) is 6.45. The predicted octanol–water partition coefficient (Wildman–Crippen LogP) is 0.927. The average Bonchev–Trinajstić information content (AvgIpc) is 2.30. The van der Waals surface area contributed by atoms with Gasteiger partial charge in [0.15, 0.2) is 0 Å². The summed E-state index contributed by atoms with van der Waals surface area (Å²) in [6, 6.07) is 0.456. The number of aliphatic hydroxyl groups excluding tert-OH is 1. The third kappa shape index (κ3) is 2.71. The van der Waals surface area contributed by atoms with Crippen molar-refractivity contribution in [2.24, 2.45) is 0 Å². The van der Waals surface area contributed by atoms with Crippen molar-refractivity contribution < 1.29 is 5.11 Å². The standard InChI is InChI=1S/C12H24N2O/c1-2-13-7-9-14(10-8-13)11-5-3-4-6-12(11)15/h11-12,15H,2-10H2,1H3. The Kier molecular flexibility index (Phi) is 4.00. The second-order valence-electron chi connectivity index (χ2n) is 4.89. The van der Waals surface area contributed by atoms with Gasteiger partial charge in [-0.1, -0.05) is 19.8 Å². The van der Waals surface area contributed by atoms with Gasteiger partial charge in [-0.25, -0.2) is 0 Å². The van der Waals surface area contributed by atoms with Gasteiger partial charge in [-0.05, 0) is 19.4 Å². The first kappa shape index (κ1) is 11.4. The Morgan fingerprint density at radius 2 is 1.73 bits per heavy atom. The van der Waals surface area contributed by atoms with Gasteiger partial charge < -0.3 is 10.0 Å². The van der Waals surface area contributed by atoms with Crippen LogP contribution in [0.4, 0.5) is 0 Å². The number of hydrogen-bond acceptors (Lipinski definition) is 3. The molecule has 2 fully saturated rings. The predicted molar refractivity (Wildman–Crippen MR) is 61.9 cm³/mol. The summed E-state index contributed by atoms with van der Waals surface area (Å²) in [6.45, 7) is 8.05. The fourth-order valence-corrected chi connectivity index (χ4v) is 2.93. The van der Waals surface area contributed by atoms with E-state index >= 15 is 0 Å². The lowest BCUT2D eigenvalue weighted by atomic mass is 9.91. The van der Waals surface area contributed by atoms with Crippen molar-refractivity contribution in [1.29, 1.82) is 0 Å². The third-order valence-electron chi connectivity index (χ3n) is 4.02. The molecule has 1 saturated heterocycles. The van der Waals surface area contributed by atoms with Crippen LogP contribution in [0.5, 0.6) is 0 Å². The van der Waals surface area contributed by atoms with Crippen molar-refractivity contribution in [3.8, 4) is 0 Å². The number of hydrogen-bond donors (Lipinski definition) is 1. The lowest BCUT2D eigenvalue weighted by Crippen LogP contribution is -2.54. The Labute approximate surface area is 93.1 Å². The number of rotatable bonds is 2.